The zero-order valence-electron chi connectivity index (χ0n) is 26.7. The zero-order chi connectivity index (χ0) is 33.0. The van der Waals surface area contributed by atoms with E-state index in [4.69, 9.17) is 23.8 Å². The smallest absolute Gasteiger partial charge is 0.164 e. The number of furan rings is 2. The minimum absolute atomic E-state index is 0.603. The van der Waals surface area contributed by atoms with E-state index in [1.54, 1.807) is 0 Å². The van der Waals surface area contributed by atoms with Crippen LogP contribution in [0.5, 0.6) is 0 Å². The Morgan fingerprint density at radius 3 is 1.56 bits per heavy atom. The zero-order valence-corrected chi connectivity index (χ0v) is 26.7. The summed E-state index contributed by atoms with van der Waals surface area (Å²) in [6.07, 6.45) is 0. The molecule has 50 heavy (non-hydrogen) atoms. The molecule has 0 aliphatic rings. The molecule has 0 N–H and O–H groups in total. The number of fused-ring (bicyclic) bond motifs is 6. The van der Waals surface area contributed by atoms with E-state index in [2.05, 4.69) is 72.8 Å². The summed E-state index contributed by atoms with van der Waals surface area (Å²) in [7, 11) is 0. The average Bonchev–Trinajstić information content (AvgIpc) is 3.76. The number of rotatable bonds is 5. The highest BCUT2D eigenvalue weighted by Gasteiger charge is 2.19. The summed E-state index contributed by atoms with van der Waals surface area (Å²) in [5, 5.41) is 4.32. The van der Waals surface area contributed by atoms with Crippen molar-refractivity contribution in [1.82, 2.24) is 15.0 Å². The molecule has 5 heteroatoms. The van der Waals surface area contributed by atoms with Gasteiger partial charge in [0.25, 0.3) is 0 Å². The van der Waals surface area contributed by atoms with Crippen LogP contribution in [0.25, 0.3) is 100 Å². The van der Waals surface area contributed by atoms with Gasteiger partial charge in [-0.2, -0.15) is 0 Å². The molecule has 0 amide bonds. The van der Waals surface area contributed by atoms with E-state index in [0.29, 0.717) is 17.5 Å². The summed E-state index contributed by atoms with van der Waals surface area (Å²) >= 11 is 0. The monoisotopic (exact) mass is 641 g/mol. The summed E-state index contributed by atoms with van der Waals surface area (Å²) in [5.41, 5.74) is 10.5. The van der Waals surface area contributed by atoms with Gasteiger partial charge in [0, 0.05) is 38.2 Å². The van der Waals surface area contributed by atoms with Crippen molar-refractivity contribution >= 4 is 43.9 Å². The van der Waals surface area contributed by atoms with E-state index < -0.39 is 0 Å². The Hall–Kier alpha value is -6.85. The lowest BCUT2D eigenvalue weighted by molar-refractivity contribution is 0.668. The number of aromatic nitrogens is 3. The molecule has 0 unspecified atom stereocenters. The van der Waals surface area contributed by atoms with Gasteiger partial charge in [-0.25, -0.2) is 15.0 Å². The lowest BCUT2D eigenvalue weighted by Gasteiger charge is -2.15. The van der Waals surface area contributed by atoms with Crippen molar-refractivity contribution in [3.63, 3.8) is 0 Å². The van der Waals surface area contributed by atoms with E-state index in [1.807, 2.05) is 91.0 Å². The first-order valence-electron chi connectivity index (χ1n) is 16.6. The Morgan fingerprint density at radius 2 is 0.840 bits per heavy atom. The van der Waals surface area contributed by atoms with Crippen molar-refractivity contribution in [1.29, 1.82) is 0 Å². The van der Waals surface area contributed by atoms with Gasteiger partial charge in [-0.05, 0) is 58.7 Å². The predicted octanol–water partition coefficient (Wildman–Crippen LogP) is 12.0. The summed E-state index contributed by atoms with van der Waals surface area (Å²) in [4.78, 5) is 15.0. The second-order valence-corrected chi connectivity index (χ2v) is 12.4. The van der Waals surface area contributed by atoms with Crippen LogP contribution in [0.4, 0.5) is 0 Å². The van der Waals surface area contributed by atoms with Crippen molar-refractivity contribution in [2.24, 2.45) is 0 Å². The second-order valence-electron chi connectivity index (χ2n) is 12.4. The molecule has 0 radical (unpaired) electrons. The first-order valence-corrected chi connectivity index (χ1v) is 16.6. The van der Waals surface area contributed by atoms with E-state index >= 15 is 0 Å². The first kappa shape index (κ1) is 28.2. The maximum atomic E-state index is 6.35. The van der Waals surface area contributed by atoms with Gasteiger partial charge in [-0.3, -0.25) is 0 Å². The van der Waals surface area contributed by atoms with Crippen LogP contribution in [0, 0.1) is 0 Å². The van der Waals surface area contributed by atoms with Crippen LogP contribution in [0.15, 0.2) is 173 Å². The van der Waals surface area contributed by atoms with Gasteiger partial charge in [0.15, 0.2) is 17.5 Å². The largest absolute Gasteiger partial charge is 0.456 e. The summed E-state index contributed by atoms with van der Waals surface area (Å²) in [5.74, 6) is 1.85. The third-order valence-corrected chi connectivity index (χ3v) is 9.36. The van der Waals surface area contributed by atoms with Crippen molar-refractivity contribution in [3.05, 3.63) is 164 Å². The molecule has 0 spiro atoms. The van der Waals surface area contributed by atoms with Crippen LogP contribution < -0.4 is 0 Å². The number of hydrogen-bond donors (Lipinski definition) is 0. The van der Waals surface area contributed by atoms with Crippen LogP contribution in [0.1, 0.15) is 0 Å². The van der Waals surface area contributed by atoms with Crippen molar-refractivity contribution in [3.8, 4) is 56.4 Å². The van der Waals surface area contributed by atoms with Gasteiger partial charge in [-0.15, -0.1) is 0 Å². The molecule has 3 heterocycles. The molecule has 234 valence electrons. The van der Waals surface area contributed by atoms with Crippen LogP contribution in [-0.2, 0) is 0 Å². The fourth-order valence-corrected chi connectivity index (χ4v) is 6.99. The van der Waals surface area contributed by atoms with Crippen molar-refractivity contribution in [2.75, 3.05) is 0 Å². The molecule has 3 aromatic heterocycles. The molecule has 0 aliphatic carbocycles. The molecule has 0 bridgehead atoms. The maximum absolute atomic E-state index is 6.35. The Labute approximate surface area is 287 Å². The Bertz CT molecular complexity index is 2810. The van der Waals surface area contributed by atoms with Crippen molar-refractivity contribution in [2.45, 2.75) is 0 Å². The molecule has 0 saturated carbocycles. The number of benzene rings is 7. The molecule has 10 rings (SSSR count). The van der Waals surface area contributed by atoms with E-state index in [0.717, 1.165) is 82.8 Å². The predicted molar refractivity (Wildman–Crippen MR) is 202 cm³/mol. The Morgan fingerprint density at radius 1 is 0.300 bits per heavy atom. The summed E-state index contributed by atoms with van der Waals surface area (Å²) in [6.45, 7) is 0. The second kappa shape index (κ2) is 11.4. The molecule has 0 saturated heterocycles. The third kappa shape index (κ3) is 4.67. The van der Waals surface area contributed by atoms with E-state index in [-0.39, 0.29) is 0 Å². The molecule has 7 aromatic carbocycles. The van der Waals surface area contributed by atoms with Crippen LogP contribution in [0.2, 0.25) is 0 Å². The van der Waals surface area contributed by atoms with E-state index in [9.17, 15) is 0 Å². The lowest BCUT2D eigenvalue weighted by Crippen LogP contribution is -2.00. The highest BCUT2D eigenvalue weighted by atomic mass is 16.3. The number of para-hydroxylation sites is 2. The average molecular weight is 642 g/mol. The molecular weight excluding hydrogens is 615 g/mol. The Balaban J connectivity index is 1.24. The molecule has 5 nitrogen and oxygen atoms in total. The van der Waals surface area contributed by atoms with Crippen LogP contribution >= 0.6 is 0 Å². The molecule has 0 fully saturated rings. The van der Waals surface area contributed by atoms with Gasteiger partial charge >= 0.3 is 0 Å². The summed E-state index contributed by atoms with van der Waals surface area (Å²) in [6, 6.07) is 55.8. The number of nitrogens with zero attached hydrogens (tertiary/aromatic N) is 3. The van der Waals surface area contributed by atoms with Crippen LogP contribution in [0.3, 0.4) is 0 Å². The SMILES string of the molecule is c1ccc(-c2nc(-c3ccccc3)nc(-c3ccc(-c4ccc5oc6ccccc6c5c4)c(-c4cccc5oc6ccccc6c45)c3)n2)cc1. The molecule has 10 aromatic rings. The van der Waals surface area contributed by atoms with Gasteiger partial charge < -0.3 is 8.83 Å². The minimum atomic E-state index is 0.603. The highest BCUT2D eigenvalue weighted by molar-refractivity contribution is 6.14. The minimum Gasteiger partial charge on any atom is -0.456 e. The van der Waals surface area contributed by atoms with Gasteiger partial charge in [0.1, 0.15) is 22.3 Å². The maximum Gasteiger partial charge on any atom is 0.164 e. The Kier molecular flexibility index (Phi) is 6.42. The standard InChI is InChI=1S/C45H27N3O2/c1-3-12-28(13-4-1)43-46-44(29-14-5-2-6-15-29)48-45(47-43)31-22-24-32(30-23-25-40-37(26-30)33-16-7-9-19-38(33)49-40)36(27-31)34-18-11-21-41-42(34)35-17-8-10-20-39(35)50-41/h1-27H. The molecular formula is C45H27N3O2. The first-order chi connectivity index (χ1) is 24.8. The van der Waals surface area contributed by atoms with Gasteiger partial charge in [0.2, 0.25) is 0 Å². The third-order valence-electron chi connectivity index (χ3n) is 9.36. The molecule has 0 aliphatic heterocycles. The van der Waals surface area contributed by atoms with Crippen molar-refractivity contribution < 1.29 is 8.83 Å². The number of hydrogen-bond acceptors (Lipinski definition) is 5. The topological polar surface area (TPSA) is 65.0 Å². The fraction of sp³-hybridized carbons (Fsp3) is 0. The molecule has 0 atom stereocenters. The lowest BCUT2D eigenvalue weighted by atomic mass is 9.90. The summed E-state index contributed by atoms with van der Waals surface area (Å²) < 4.78 is 12.5. The van der Waals surface area contributed by atoms with Gasteiger partial charge in [0.05, 0.1) is 0 Å². The van der Waals surface area contributed by atoms with Gasteiger partial charge in [-0.1, -0.05) is 127 Å². The quantitative estimate of drug-likeness (QED) is 0.187. The van der Waals surface area contributed by atoms with Crippen LogP contribution in [-0.4, -0.2) is 15.0 Å². The highest BCUT2D eigenvalue weighted by Crippen LogP contribution is 2.43. The van der Waals surface area contributed by atoms with E-state index in [1.165, 1.54) is 0 Å². The normalized spacial score (nSPS) is 11.6. The fourth-order valence-electron chi connectivity index (χ4n) is 6.99.